The lowest BCUT2D eigenvalue weighted by atomic mass is 9.97. The van der Waals surface area contributed by atoms with E-state index >= 15 is 0 Å². The molecule has 0 radical (unpaired) electrons. The van der Waals surface area contributed by atoms with E-state index in [9.17, 15) is 0 Å². The third kappa shape index (κ3) is 4.30. The number of rotatable bonds is 6. The molecule has 0 bridgehead atoms. The molecule has 0 unspecified atom stereocenters. The fourth-order valence-electron chi connectivity index (χ4n) is 2.99. The van der Waals surface area contributed by atoms with Crippen LogP contribution in [0.3, 0.4) is 0 Å². The first-order valence-corrected chi connectivity index (χ1v) is 8.23. The maximum atomic E-state index is 3.80. The third-order valence-corrected chi connectivity index (χ3v) is 4.10. The normalized spacial score (nSPS) is 12.3. The van der Waals surface area contributed by atoms with E-state index in [2.05, 4.69) is 103 Å². The van der Waals surface area contributed by atoms with Crippen LogP contribution in [0.4, 0.5) is 0 Å². The molecule has 0 saturated heterocycles. The monoisotopic (exact) mass is 301 g/mol. The standard InChI is InChI=1S/C22H23N/c1-18(17-19-11-5-2-6-12-19)23-22(20-13-7-3-8-14-20)21-15-9-4-10-16-21/h2-16,18,22-23H,17H2,1H3/t18-/m0/s1. The van der Waals surface area contributed by atoms with Gasteiger partial charge in [0.05, 0.1) is 6.04 Å². The molecule has 3 rings (SSSR count). The Morgan fingerprint density at radius 3 is 1.57 bits per heavy atom. The van der Waals surface area contributed by atoms with Crippen LogP contribution in [0.5, 0.6) is 0 Å². The molecule has 116 valence electrons. The second-order valence-corrected chi connectivity index (χ2v) is 6.01. The highest BCUT2D eigenvalue weighted by molar-refractivity contribution is 5.31. The molecule has 0 amide bonds. The predicted octanol–water partition coefficient (Wildman–Crippen LogP) is 5.00. The van der Waals surface area contributed by atoms with Crippen molar-refractivity contribution in [1.29, 1.82) is 0 Å². The van der Waals surface area contributed by atoms with Crippen LogP contribution >= 0.6 is 0 Å². The van der Waals surface area contributed by atoms with Crippen molar-refractivity contribution in [2.75, 3.05) is 0 Å². The molecule has 23 heavy (non-hydrogen) atoms. The SMILES string of the molecule is C[C@@H](Cc1ccccc1)NC(c1ccccc1)c1ccccc1. The van der Waals surface area contributed by atoms with Gasteiger partial charge in [0.2, 0.25) is 0 Å². The van der Waals surface area contributed by atoms with E-state index < -0.39 is 0 Å². The Bertz CT molecular complexity index is 652. The highest BCUT2D eigenvalue weighted by Gasteiger charge is 2.16. The third-order valence-electron chi connectivity index (χ3n) is 4.10. The van der Waals surface area contributed by atoms with Crippen molar-refractivity contribution in [3.05, 3.63) is 108 Å². The van der Waals surface area contributed by atoms with E-state index in [0.29, 0.717) is 6.04 Å². The molecule has 0 spiro atoms. The van der Waals surface area contributed by atoms with Gasteiger partial charge in [-0.05, 0) is 30.0 Å². The van der Waals surface area contributed by atoms with Crippen molar-refractivity contribution in [3.8, 4) is 0 Å². The molecular weight excluding hydrogens is 278 g/mol. The van der Waals surface area contributed by atoms with Gasteiger partial charge in [-0.1, -0.05) is 91.0 Å². The quantitative estimate of drug-likeness (QED) is 0.676. The lowest BCUT2D eigenvalue weighted by Gasteiger charge is -2.24. The van der Waals surface area contributed by atoms with Gasteiger partial charge in [0.15, 0.2) is 0 Å². The first-order chi connectivity index (χ1) is 11.3. The number of hydrogen-bond acceptors (Lipinski definition) is 1. The van der Waals surface area contributed by atoms with Crippen molar-refractivity contribution in [2.24, 2.45) is 0 Å². The minimum Gasteiger partial charge on any atom is -0.303 e. The highest BCUT2D eigenvalue weighted by Crippen LogP contribution is 2.22. The molecule has 1 atom stereocenters. The van der Waals surface area contributed by atoms with Gasteiger partial charge < -0.3 is 5.32 Å². The number of hydrogen-bond donors (Lipinski definition) is 1. The van der Waals surface area contributed by atoms with Crippen molar-refractivity contribution in [2.45, 2.75) is 25.4 Å². The summed E-state index contributed by atoms with van der Waals surface area (Å²) in [7, 11) is 0. The molecule has 0 fully saturated rings. The zero-order valence-electron chi connectivity index (χ0n) is 13.5. The van der Waals surface area contributed by atoms with E-state index in [-0.39, 0.29) is 6.04 Å². The van der Waals surface area contributed by atoms with E-state index in [1.165, 1.54) is 16.7 Å². The summed E-state index contributed by atoms with van der Waals surface area (Å²) in [6.45, 7) is 2.26. The van der Waals surface area contributed by atoms with Gasteiger partial charge in [-0.2, -0.15) is 0 Å². The van der Waals surface area contributed by atoms with Gasteiger partial charge in [0.1, 0.15) is 0 Å². The zero-order valence-corrected chi connectivity index (χ0v) is 13.5. The molecule has 0 aliphatic heterocycles. The van der Waals surface area contributed by atoms with Gasteiger partial charge in [0, 0.05) is 6.04 Å². The largest absolute Gasteiger partial charge is 0.303 e. The van der Waals surface area contributed by atoms with Crippen LogP contribution in [0.1, 0.15) is 29.7 Å². The van der Waals surface area contributed by atoms with Gasteiger partial charge in [-0.3, -0.25) is 0 Å². The average Bonchev–Trinajstić information content (AvgIpc) is 2.62. The van der Waals surface area contributed by atoms with E-state index in [0.717, 1.165) is 6.42 Å². The maximum Gasteiger partial charge on any atom is 0.0578 e. The fourth-order valence-corrected chi connectivity index (χ4v) is 2.99. The number of benzene rings is 3. The highest BCUT2D eigenvalue weighted by atomic mass is 14.9. The van der Waals surface area contributed by atoms with Gasteiger partial charge in [-0.15, -0.1) is 0 Å². The molecule has 0 aromatic heterocycles. The lowest BCUT2D eigenvalue weighted by Crippen LogP contribution is -2.32. The summed E-state index contributed by atoms with van der Waals surface area (Å²) in [5.74, 6) is 0. The van der Waals surface area contributed by atoms with E-state index in [1.807, 2.05) is 0 Å². The van der Waals surface area contributed by atoms with Crippen molar-refractivity contribution >= 4 is 0 Å². The van der Waals surface area contributed by atoms with Crippen LogP contribution < -0.4 is 5.32 Å². The second kappa shape index (κ2) is 7.75. The molecular formula is C22H23N. The smallest absolute Gasteiger partial charge is 0.0578 e. The number of nitrogens with one attached hydrogen (secondary N) is 1. The summed E-state index contributed by atoms with van der Waals surface area (Å²) in [4.78, 5) is 0. The van der Waals surface area contributed by atoms with Crippen LogP contribution in [0, 0.1) is 0 Å². The molecule has 1 nitrogen and oxygen atoms in total. The molecule has 0 heterocycles. The minimum absolute atomic E-state index is 0.219. The van der Waals surface area contributed by atoms with Crippen LogP contribution in [0.25, 0.3) is 0 Å². The predicted molar refractivity (Wildman–Crippen MR) is 97.5 cm³/mol. The summed E-state index contributed by atoms with van der Waals surface area (Å²) in [5.41, 5.74) is 3.98. The average molecular weight is 301 g/mol. The molecule has 0 aliphatic carbocycles. The molecule has 1 N–H and O–H groups in total. The van der Waals surface area contributed by atoms with Crippen molar-refractivity contribution < 1.29 is 0 Å². The molecule has 1 heteroatoms. The summed E-state index contributed by atoms with van der Waals surface area (Å²) in [6.07, 6.45) is 1.02. The molecule has 3 aromatic carbocycles. The first kappa shape index (κ1) is 15.5. The van der Waals surface area contributed by atoms with E-state index in [4.69, 9.17) is 0 Å². The van der Waals surface area contributed by atoms with Crippen LogP contribution in [-0.4, -0.2) is 6.04 Å². The van der Waals surface area contributed by atoms with Crippen LogP contribution in [0.2, 0.25) is 0 Å². The summed E-state index contributed by atoms with van der Waals surface area (Å²) < 4.78 is 0. The summed E-state index contributed by atoms with van der Waals surface area (Å²) in [5, 5.41) is 3.80. The minimum atomic E-state index is 0.219. The molecule has 0 saturated carbocycles. The zero-order chi connectivity index (χ0) is 15.9. The van der Waals surface area contributed by atoms with Crippen molar-refractivity contribution in [3.63, 3.8) is 0 Å². The van der Waals surface area contributed by atoms with Gasteiger partial charge in [0.25, 0.3) is 0 Å². The lowest BCUT2D eigenvalue weighted by molar-refractivity contribution is 0.496. The van der Waals surface area contributed by atoms with Crippen LogP contribution in [0.15, 0.2) is 91.0 Å². The first-order valence-electron chi connectivity index (χ1n) is 8.23. The molecule has 0 aliphatic rings. The Balaban J connectivity index is 1.79. The van der Waals surface area contributed by atoms with Gasteiger partial charge >= 0.3 is 0 Å². The Morgan fingerprint density at radius 2 is 1.09 bits per heavy atom. The summed E-state index contributed by atoms with van der Waals surface area (Å²) >= 11 is 0. The van der Waals surface area contributed by atoms with E-state index in [1.54, 1.807) is 0 Å². The Hall–Kier alpha value is -2.38. The Labute approximate surface area is 139 Å². The molecule has 3 aromatic rings. The maximum absolute atomic E-state index is 3.80. The van der Waals surface area contributed by atoms with Gasteiger partial charge in [-0.25, -0.2) is 0 Å². The summed E-state index contributed by atoms with van der Waals surface area (Å²) in [6, 6.07) is 32.6. The second-order valence-electron chi connectivity index (χ2n) is 6.01. The van der Waals surface area contributed by atoms with Crippen LogP contribution in [-0.2, 0) is 6.42 Å². The Morgan fingerprint density at radius 1 is 0.652 bits per heavy atom. The topological polar surface area (TPSA) is 12.0 Å². The Kier molecular flexibility index (Phi) is 5.23. The fraction of sp³-hybridized carbons (Fsp3) is 0.182. The van der Waals surface area contributed by atoms with Crippen molar-refractivity contribution in [1.82, 2.24) is 5.32 Å².